The average molecular weight is 439 g/mol. The molecule has 170 valence electrons. The van der Waals surface area contributed by atoms with Crippen LogP contribution in [0.1, 0.15) is 73.5 Å². The SMILES string of the molecule is CC(C)(C)OC(=O)N1CC(C)([C@](O)(c2ccc(C3CC3)cc2)c2cncc(C(=O)O)c2)C1. The second-order valence-electron chi connectivity index (χ2n) is 10.3. The minimum atomic E-state index is -1.54. The maximum Gasteiger partial charge on any atom is 0.410 e. The van der Waals surface area contributed by atoms with Gasteiger partial charge in [0.25, 0.3) is 0 Å². The van der Waals surface area contributed by atoms with Crippen molar-refractivity contribution >= 4 is 12.1 Å². The molecule has 2 fully saturated rings. The van der Waals surface area contributed by atoms with Crippen LogP contribution in [0.4, 0.5) is 4.79 Å². The molecule has 1 atom stereocenters. The molecule has 1 saturated heterocycles. The van der Waals surface area contributed by atoms with Crippen LogP contribution in [-0.2, 0) is 10.3 Å². The third-order valence-electron chi connectivity index (χ3n) is 6.39. The van der Waals surface area contributed by atoms with Crippen LogP contribution < -0.4 is 0 Å². The highest BCUT2D eigenvalue weighted by Gasteiger charge is 2.58. The Bertz CT molecular complexity index is 1030. The molecule has 0 spiro atoms. The van der Waals surface area contributed by atoms with E-state index in [2.05, 4.69) is 4.98 Å². The van der Waals surface area contributed by atoms with Gasteiger partial charge in [0, 0.05) is 36.5 Å². The molecule has 2 aromatic rings. The highest BCUT2D eigenvalue weighted by molar-refractivity contribution is 5.87. The first-order valence-electron chi connectivity index (χ1n) is 10.9. The average Bonchev–Trinajstić information content (AvgIpc) is 3.55. The summed E-state index contributed by atoms with van der Waals surface area (Å²) in [5, 5.41) is 21.7. The minimum absolute atomic E-state index is 0.00227. The first-order chi connectivity index (χ1) is 14.9. The van der Waals surface area contributed by atoms with Gasteiger partial charge in [0.15, 0.2) is 0 Å². The van der Waals surface area contributed by atoms with Gasteiger partial charge in [0.1, 0.15) is 11.2 Å². The quantitative estimate of drug-likeness (QED) is 0.727. The number of amides is 1. The van der Waals surface area contributed by atoms with E-state index >= 15 is 0 Å². The van der Waals surface area contributed by atoms with Gasteiger partial charge in [0.05, 0.1) is 5.56 Å². The second-order valence-corrected chi connectivity index (χ2v) is 10.3. The number of carbonyl (C=O) groups is 2. The number of rotatable bonds is 5. The summed E-state index contributed by atoms with van der Waals surface area (Å²) in [6.45, 7) is 7.86. The predicted molar refractivity (Wildman–Crippen MR) is 119 cm³/mol. The van der Waals surface area contributed by atoms with Crippen molar-refractivity contribution in [2.24, 2.45) is 5.41 Å². The van der Waals surface area contributed by atoms with Crippen molar-refractivity contribution < 1.29 is 24.5 Å². The summed E-state index contributed by atoms with van der Waals surface area (Å²) < 4.78 is 5.47. The molecule has 1 aliphatic carbocycles. The van der Waals surface area contributed by atoms with Crippen LogP contribution in [0.15, 0.2) is 42.7 Å². The van der Waals surface area contributed by atoms with Crippen LogP contribution in [0.25, 0.3) is 0 Å². The number of carboxylic acid groups (broad SMARTS) is 1. The summed E-state index contributed by atoms with van der Waals surface area (Å²) >= 11 is 0. The van der Waals surface area contributed by atoms with Crippen LogP contribution >= 0.6 is 0 Å². The number of likely N-dealkylation sites (tertiary alicyclic amines) is 1. The first kappa shape index (κ1) is 22.3. The number of benzene rings is 1. The number of nitrogens with zero attached hydrogens (tertiary/aromatic N) is 2. The number of aromatic carboxylic acids is 1. The number of aliphatic hydroxyl groups is 1. The first-order valence-corrected chi connectivity index (χ1v) is 10.9. The Morgan fingerprint density at radius 2 is 1.72 bits per heavy atom. The van der Waals surface area contributed by atoms with E-state index in [9.17, 15) is 19.8 Å². The molecule has 32 heavy (non-hydrogen) atoms. The zero-order chi connectivity index (χ0) is 23.3. The van der Waals surface area contributed by atoms with Crippen LogP contribution in [0.2, 0.25) is 0 Å². The molecule has 4 rings (SSSR count). The van der Waals surface area contributed by atoms with Crippen molar-refractivity contribution in [3.63, 3.8) is 0 Å². The van der Waals surface area contributed by atoms with Crippen LogP contribution in [0.5, 0.6) is 0 Å². The van der Waals surface area contributed by atoms with Crippen molar-refractivity contribution in [2.45, 2.75) is 57.7 Å². The highest BCUT2D eigenvalue weighted by atomic mass is 16.6. The topological polar surface area (TPSA) is 100.0 Å². The molecule has 2 N–H and O–H groups in total. The molecule has 1 aliphatic heterocycles. The molecular weight excluding hydrogens is 408 g/mol. The van der Waals surface area contributed by atoms with Gasteiger partial charge in [0.2, 0.25) is 0 Å². The van der Waals surface area contributed by atoms with Gasteiger partial charge in [-0.15, -0.1) is 0 Å². The summed E-state index contributed by atoms with van der Waals surface area (Å²) in [6.07, 6.45) is 4.69. The summed E-state index contributed by atoms with van der Waals surface area (Å²) in [5.74, 6) is -0.531. The molecule has 1 aromatic heterocycles. The molecular formula is C25H30N2O5. The number of ether oxygens (including phenoxy) is 1. The summed E-state index contributed by atoms with van der Waals surface area (Å²) in [4.78, 5) is 29.7. The molecule has 7 heteroatoms. The van der Waals surface area contributed by atoms with E-state index in [0.717, 1.165) is 0 Å². The second kappa shape index (κ2) is 7.59. The van der Waals surface area contributed by atoms with Gasteiger partial charge >= 0.3 is 12.1 Å². The maximum atomic E-state index is 12.5. The van der Waals surface area contributed by atoms with Gasteiger partial charge in [-0.2, -0.15) is 0 Å². The molecule has 1 aromatic carbocycles. The van der Waals surface area contributed by atoms with Crippen molar-refractivity contribution in [2.75, 3.05) is 13.1 Å². The van der Waals surface area contributed by atoms with Crippen molar-refractivity contribution in [3.05, 3.63) is 65.0 Å². The van der Waals surface area contributed by atoms with Gasteiger partial charge in [-0.05, 0) is 56.7 Å². The Labute approximate surface area is 188 Å². The molecule has 0 bridgehead atoms. The van der Waals surface area contributed by atoms with E-state index in [4.69, 9.17) is 4.74 Å². The van der Waals surface area contributed by atoms with Crippen molar-refractivity contribution in [1.82, 2.24) is 9.88 Å². The number of hydrogen-bond donors (Lipinski definition) is 2. The zero-order valence-corrected chi connectivity index (χ0v) is 19.0. The van der Waals surface area contributed by atoms with E-state index in [1.807, 2.05) is 52.0 Å². The lowest BCUT2D eigenvalue weighted by Gasteiger charge is -2.56. The van der Waals surface area contributed by atoms with Gasteiger partial charge in [-0.1, -0.05) is 31.2 Å². The van der Waals surface area contributed by atoms with E-state index < -0.39 is 28.7 Å². The maximum absolute atomic E-state index is 12.5. The zero-order valence-electron chi connectivity index (χ0n) is 19.0. The number of carbonyl (C=O) groups excluding carboxylic acids is 1. The molecule has 2 heterocycles. The number of carboxylic acids is 1. The third kappa shape index (κ3) is 3.97. The van der Waals surface area contributed by atoms with Crippen molar-refractivity contribution in [3.8, 4) is 0 Å². The normalized spacial score (nSPS) is 19.6. The van der Waals surface area contributed by atoms with Crippen LogP contribution in [0.3, 0.4) is 0 Å². The van der Waals surface area contributed by atoms with Crippen LogP contribution in [0, 0.1) is 5.41 Å². The van der Waals surface area contributed by atoms with E-state index in [1.165, 1.54) is 36.9 Å². The van der Waals surface area contributed by atoms with Gasteiger partial charge in [-0.3, -0.25) is 4.98 Å². The lowest BCUT2D eigenvalue weighted by atomic mass is 9.62. The lowest BCUT2D eigenvalue weighted by Crippen LogP contribution is -2.66. The Balaban J connectivity index is 1.70. The van der Waals surface area contributed by atoms with E-state index in [0.29, 0.717) is 17.0 Å². The Kier molecular flexibility index (Phi) is 5.28. The molecule has 1 saturated carbocycles. The lowest BCUT2D eigenvalue weighted by molar-refractivity contribution is -0.131. The molecule has 0 unspecified atom stereocenters. The molecule has 0 radical (unpaired) electrons. The molecule has 7 nitrogen and oxygen atoms in total. The predicted octanol–water partition coefficient (Wildman–Crippen LogP) is 4.15. The van der Waals surface area contributed by atoms with E-state index in [-0.39, 0.29) is 18.7 Å². The Hall–Kier alpha value is -2.93. The number of aromatic nitrogens is 1. The summed E-state index contributed by atoms with van der Waals surface area (Å²) in [6, 6.07) is 9.33. The Morgan fingerprint density at radius 3 is 2.25 bits per heavy atom. The smallest absolute Gasteiger partial charge is 0.410 e. The fourth-order valence-electron chi connectivity index (χ4n) is 4.51. The number of pyridine rings is 1. The largest absolute Gasteiger partial charge is 0.478 e. The van der Waals surface area contributed by atoms with E-state index in [1.54, 1.807) is 4.90 Å². The van der Waals surface area contributed by atoms with Gasteiger partial charge in [-0.25, -0.2) is 9.59 Å². The Morgan fingerprint density at radius 1 is 1.09 bits per heavy atom. The fraction of sp³-hybridized carbons (Fsp3) is 0.480. The third-order valence-corrected chi connectivity index (χ3v) is 6.39. The van der Waals surface area contributed by atoms with Crippen LogP contribution in [-0.4, -0.2) is 50.9 Å². The molecule has 2 aliphatic rings. The standard InChI is InChI=1S/C25H30N2O5/c1-23(2,3)32-22(30)27-14-24(4,15-27)25(31,20-11-18(21(28)29)12-26-13-20)19-9-7-17(8-10-19)16-5-6-16/h7-13,16,31H,5-6,14-15H2,1-4H3,(H,28,29)/t25-/m0/s1. The summed E-state index contributed by atoms with van der Waals surface area (Å²) in [5.41, 5.74) is -0.626. The highest BCUT2D eigenvalue weighted by Crippen LogP contribution is 2.51. The number of hydrogen-bond acceptors (Lipinski definition) is 5. The fourth-order valence-corrected chi connectivity index (χ4v) is 4.51. The van der Waals surface area contributed by atoms with Crippen molar-refractivity contribution in [1.29, 1.82) is 0 Å². The van der Waals surface area contributed by atoms with Gasteiger partial charge < -0.3 is 19.8 Å². The minimum Gasteiger partial charge on any atom is -0.478 e. The summed E-state index contributed by atoms with van der Waals surface area (Å²) in [7, 11) is 0. The monoisotopic (exact) mass is 438 g/mol. The molecule has 1 amide bonds.